The van der Waals surface area contributed by atoms with Crippen LogP contribution in [0.3, 0.4) is 0 Å². The Bertz CT molecular complexity index is 418. The molecule has 0 bridgehead atoms. The molecule has 1 aliphatic rings. The van der Waals surface area contributed by atoms with Gasteiger partial charge in [0.25, 0.3) is 0 Å². The van der Waals surface area contributed by atoms with Crippen molar-refractivity contribution in [2.24, 2.45) is 4.99 Å². The van der Waals surface area contributed by atoms with E-state index in [1.807, 2.05) is 0 Å². The standard InChI is InChI=1S/C14H22N4.HI/c1-18(2)11-13-6-3-5-12(9-13)10-17-14-15-7-4-8-16-14;/h3,5-6,9H,4,7-8,10-11H2,1-2H3,(H2,15,16,17);1H. The maximum absolute atomic E-state index is 4.40. The van der Waals surface area contributed by atoms with Gasteiger partial charge < -0.3 is 15.5 Å². The summed E-state index contributed by atoms with van der Waals surface area (Å²) in [6.07, 6.45) is 1.13. The van der Waals surface area contributed by atoms with Crippen LogP contribution in [-0.2, 0) is 13.1 Å². The molecule has 1 aliphatic heterocycles. The first-order valence-electron chi connectivity index (χ1n) is 6.49. The van der Waals surface area contributed by atoms with E-state index >= 15 is 0 Å². The quantitative estimate of drug-likeness (QED) is 0.790. The van der Waals surface area contributed by atoms with Gasteiger partial charge in [-0.25, -0.2) is 0 Å². The monoisotopic (exact) mass is 374 g/mol. The molecule has 0 saturated carbocycles. The first-order valence-corrected chi connectivity index (χ1v) is 6.49. The molecule has 0 saturated heterocycles. The molecule has 106 valence electrons. The fourth-order valence-electron chi connectivity index (χ4n) is 2.04. The van der Waals surface area contributed by atoms with E-state index in [4.69, 9.17) is 0 Å². The maximum Gasteiger partial charge on any atom is 0.191 e. The normalized spacial score (nSPS) is 14.4. The number of nitrogens with zero attached hydrogens (tertiary/aromatic N) is 2. The molecule has 0 radical (unpaired) electrons. The third-order valence-corrected chi connectivity index (χ3v) is 2.85. The van der Waals surface area contributed by atoms with E-state index in [2.05, 4.69) is 58.9 Å². The lowest BCUT2D eigenvalue weighted by molar-refractivity contribution is 0.402. The van der Waals surface area contributed by atoms with Crippen LogP contribution in [0.5, 0.6) is 0 Å². The summed E-state index contributed by atoms with van der Waals surface area (Å²) in [4.78, 5) is 6.58. The minimum absolute atomic E-state index is 0. The molecule has 2 rings (SSSR count). The van der Waals surface area contributed by atoms with E-state index < -0.39 is 0 Å². The van der Waals surface area contributed by atoms with Crippen LogP contribution in [0, 0.1) is 0 Å². The highest BCUT2D eigenvalue weighted by Gasteiger charge is 2.03. The van der Waals surface area contributed by atoms with E-state index in [0.29, 0.717) is 0 Å². The zero-order valence-electron chi connectivity index (χ0n) is 11.6. The van der Waals surface area contributed by atoms with Crippen LogP contribution < -0.4 is 10.6 Å². The number of halogens is 1. The van der Waals surface area contributed by atoms with Crippen LogP contribution >= 0.6 is 24.0 Å². The van der Waals surface area contributed by atoms with Gasteiger partial charge in [0.2, 0.25) is 0 Å². The Kier molecular flexibility index (Phi) is 7.15. The lowest BCUT2D eigenvalue weighted by Gasteiger charge is -2.16. The molecule has 19 heavy (non-hydrogen) atoms. The van der Waals surface area contributed by atoms with Crippen LogP contribution in [0.2, 0.25) is 0 Å². The molecule has 0 amide bonds. The van der Waals surface area contributed by atoms with Crippen molar-refractivity contribution >= 4 is 29.9 Å². The topological polar surface area (TPSA) is 39.7 Å². The minimum Gasteiger partial charge on any atom is -0.356 e. The molecule has 1 aromatic rings. The molecule has 1 aromatic carbocycles. The third kappa shape index (κ3) is 5.78. The summed E-state index contributed by atoms with van der Waals surface area (Å²) in [5.74, 6) is 0.930. The van der Waals surface area contributed by atoms with Crippen molar-refractivity contribution in [3.63, 3.8) is 0 Å². The number of hydrogen-bond donors (Lipinski definition) is 2. The van der Waals surface area contributed by atoms with Gasteiger partial charge >= 0.3 is 0 Å². The van der Waals surface area contributed by atoms with Crippen LogP contribution in [-0.4, -0.2) is 38.0 Å². The van der Waals surface area contributed by atoms with Crippen molar-refractivity contribution in [1.29, 1.82) is 0 Å². The van der Waals surface area contributed by atoms with Crippen LogP contribution in [0.4, 0.5) is 0 Å². The number of benzene rings is 1. The second kappa shape index (κ2) is 8.37. The molecule has 4 nitrogen and oxygen atoms in total. The lowest BCUT2D eigenvalue weighted by Crippen LogP contribution is -2.40. The van der Waals surface area contributed by atoms with Crippen molar-refractivity contribution in [3.8, 4) is 0 Å². The summed E-state index contributed by atoms with van der Waals surface area (Å²) in [5, 5.41) is 6.61. The Morgan fingerprint density at radius 1 is 1.32 bits per heavy atom. The molecule has 2 N–H and O–H groups in total. The summed E-state index contributed by atoms with van der Waals surface area (Å²) in [7, 11) is 4.18. The molecule has 0 spiro atoms. The summed E-state index contributed by atoms with van der Waals surface area (Å²) in [6, 6.07) is 8.68. The first kappa shape index (κ1) is 16.2. The van der Waals surface area contributed by atoms with Gasteiger partial charge in [-0.3, -0.25) is 4.99 Å². The van der Waals surface area contributed by atoms with Crippen LogP contribution in [0.15, 0.2) is 29.3 Å². The van der Waals surface area contributed by atoms with Gasteiger partial charge in [0.15, 0.2) is 5.96 Å². The summed E-state index contributed by atoms with van der Waals surface area (Å²) < 4.78 is 0. The molecule has 1 heterocycles. The molecule has 0 fully saturated rings. The molecule has 0 aromatic heterocycles. The van der Waals surface area contributed by atoms with E-state index in [1.54, 1.807) is 0 Å². The van der Waals surface area contributed by atoms with Crippen molar-refractivity contribution in [3.05, 3.63) is 35.4 Å². The predicted molar refractivity (Wildman–Crippen MR) is 91.0 cm³/mol. The highest BCUT2D eigenvalue weighted by atomic mass is 127. The smallest absolute Gasteiger partial charge is 0.191 e. The summed E-state index contributed by atoms with van der Waals surface area (Å²) in [5.41, 5.74) is 2.64. The Labute approximate surface area is 132 Å². The van der Waals surface area contributed by atoms with Crippen LogP contribution in [0.25, 0.3) is 0 Å². The SMILES string of the molecule is CN(C)Cc1cccc(CNC2=NCCCN2)c1.I. The van der Waals surface area contributed by atoms with Crippen molar-refractivity contribution in [2.45, 2.75) is 19.5 Å². The average Bonchev–Trinajstić information content (AvgIpc) is 2.37. The maximum atomic E-state index is 4.40. The Morgan fingerprint density at radius 2 is 2.11 bits per heavy atom. The fourth-order valence-corrected chi connectivity index (χ4v) is 2.04. The van der Waals surface area contributed by atoms with Crippen molar-refractivity contribution < 1.29 is 0 Å². The van der Waals surface area contributed by atoms with Gasteiger partial charge in [-0.15, -0.1) is 24.0 Å². The van der Waals surface area contributed by atoms with E-state index in [9.17, 15) is 0 Å². The third-order valence-electron chi connectivity index (χ3n) is 2.85. The van der Waals surface area contributed by atoms with Gasteiger partial charge in [0.05, 0.1) is 0 Å². The number of rotatable bonds is 4. The Balaban J connectivity index is 0.00000180. The Morgan fingerprint density at radius 3 is 2.79 bits per heavy atom. The van der Waals surface area contributed by atoms with E-state index in [0.717, 1.165) is 38.6 Å². The fraction of sp³-hybridized carbons (Fsp3) is 0.500. The Hall–Kier alpha value is -0.820. The second-order valence-corrected chi connectivity index (χ2v) is 4.92. The van der Waals surface area contributed by atoms with E-state index in [1.165, 1.54) is 11.1 Å². The summed E-state index contributed by atoms with van der Waals surface area (Å²) >= 11 is 0. The minimum atomic E-state index is 0. The number of hydrogen-bond acceptors (Lipinski definition) is 4. The molecular formula is C14H23IN4. The number of guanidine groups is 1. The van der Waals surface area contributed by atoms with Gasteiger partial charge in [0.1, 0.15) is 0 Å². The highest BCUT2D eigenvalue weighted by Crippen LogP contribution is 2.07. The second-order valence-electron chi connectivity index (χ2n) is 4.92. The lowest BCUT2D eigenvalue weighted by atomic mass is 10.1. The number of aliphatic imine (C=N–C) groups is 1. The molecule has 5 heteroatoms. The van der Waals surface area contributed by atoms with Crippen molar-refractivity contribution in [2.75, 3.05) is 27.2 Å². The molecule has 0 aliphatic carbocycles. The first-order chi connectivity index (χ1) is 8.74. The molecular weight excluding hydrogens is 351 g/mol. The van der Waals surface area contributed by atoms with Gasteiger partial charge in [-0.05, 0) is 31.6 Å². The highest BCUT2D eigenvalue weighted by molar-refractivity contribution is 14.0. The largest absolute Gasteiger partial charge is 0.356 e. The zero-order valence-corrected chi connectivity index (χ0v) is 14.0. The zero-order chi connectivity index (χ0) is 12.8. The average molecular weight is 374 g/mol. The molecule has 0 unspecified atom stereocenters. The van der Waals surface area contributed by atoms with E-state index in [-0.39, 0.29) is 24.0 Å². The van der Waals surface area contributed by atoms with Crippen molar-refractivity contribution in [1.82, 2.24) is 15.5 Å². The number of nitrogens with one attached hydrogen (secondary N) is 2. The van der Waals surface area contributed by atoms with Gasteiger partial charge in [-0.2, -0.15) is 0 Å². The van der Waals surface area contributed by atoms with Gasteiger partial charge in [-0.1, -0.05) is 24.3 Å². The predicted octanol–water partition coefficient (Wildman–Crippen LogP) is 1.81. The summed E-state index contributed by atoms with van der Waals surface area (Å²) in [6.45, 7) is 3.75. The molecule has 0 atom stereocenters. The van der Waals surface area contributed by atoms with Crippen LogP contribution in [0.1, 0.15) is 17.5 Å². The van der Waals surface area contributed by atoms with Gasteiger partial charge in [0, 0.05) is 26.2 Å².